The van der Waals surface area contributed by atoms with E-state index in [0.717, 1.165) is 36.2 Å². The van der Waals surface area contributed by atoms with Crippen LogP contribution in [-0.4, -0.2) is 5.97 Å². The molecule has 132 valence electrons. The Balaban J connectivity index is 1.85. The molecule has 2 heteroatoms. The van der Waals surface area contributed by atoms with Crippen molar-refractivity contribution in [1.29, 1.82) is 0 Å². The van der Waals surface area contributed by atoms with Gasteiger partial charge in [-0.05, 0) is 61.5 Å². The maximum Gasteiger partial charge on any atom is 0.317 e. The summed E-state index contributed by atoms with van der Waals surface area (Å²) in [5, 5.41) is 0. The molecule has 1 heterocycles. The normalized spacial score (nSPS) is 23.5. The van der Waals surface area contributed by atoms with Crippen LogP contribution in [0.1, 0.15) is 50.2 Å². The average molecular weight is 344 g/mol. The molecule has 1 aliphatic heterocycles. The minimum atomic E-state index is -0.560. The fraction of sp³-hybridized carbons (Fsp3) is 0.292. The summed E-state index contributed by atoms with van der Waals surface area (Å²) in [5.41, 5.74) is 4.20. The van der Waals surface area contributed by atoms with E-state index in [1.54, 1.807) is 0 Å². The number of carbonyl (C=O) groups excluding carboxylic acids is 1. The predicted octanol–water partition coefficient (Wildman–Crippen LogP) is 5.87. The molecule has 0 N–H and O–H groups in total. The van der Waals surface area contributed by atoms with Gasteiger partial charge in [-0.25, -0.2) is 0 Å². The van der Waals surface area contributed by atoms with Crippen LogP contribution in [0.3, 0.4) is 0 Å². The topological polar surface area (TPSA) is 26.3 Å². The van der Waals surface area contributed by atoms with Crippen LogP contribution in [0.2, 0.25) is 0 Å². The number of ether oxygens (including phenoxy) is 1. The van der Waals surface area contributed by atoms with Crippen LogP contribution < -0.4 is 0 Å². The van der Waals surface area contributed by atoms with Gasteiger partial charge in [0.05, 0.1) is 5.41 Å². The molecule has 0 unspecified atom stereocenters. The van der Waals surface area contributed by atoms with Crippen LogP contribution in [0.25, 0.3) is 6.08 Å². The first-order valence-electron chi connectivity index (χ1n) is 9.33. The number of rotatable bonds is 2. The highest BCUT2D eigenvalue weighted by Gasteiger charge is 2.47. The van der Waals surface area contributed by atoms with Gasteiger partial charge >= 0.3 is 5.97 Å². The van der Waals surface area contributed by atoms with Crippen LogP contribution in [0.4, 0.5) is 0 Å². The van der Waals surface area contributed by atoms with Crippen molar-refractivity contribution >= 4 is 12.0 Å². The van der Waals surface area contributed by atoms with E-state index < -0.39 is 5.41 Å². The number of benzene rings is 2. The molecule has 1 atom stereocenters. The molecule has 2 nitrogen and oxygen atoms in total. The Morgan fingerprint density at radius 3 is 2.31 bits per heavy atom. The third-order valence-electron chi connectivity index (χ3n) is 5.54. The second-order valence-corrected chi connectivity index (χ2v) is 7.74. The van der Waals surface area contributed by atoms with Gasteiger partial charge in [0.25, 0.3) is 0 Å². The molecule has 0 fully saturated rings. The van der Waals surface area contributed by atoms with E-state index in [1.165, 1.54) is 11.1 Å². The molecule has 1 aliphatic carbocycles. The molecule has 0 aromatic heterocycles. The summed E-state index contributed by atoms with van der Waals surface area (Å²) in [4.78, 5) is 12.9. The second-order valence-electron chi connectivity index (χ2n) is 7.74. The van der Waals surface area contributed by atoms with Crippen molar-refractivity contribution in [2.75, 3.05) is 0 Å². The minimum absolute atomic E-state index is 0.0689. The van der Waals surface area contributed by atoms with Gasteiger partial charge in [-0.1, -0.05) is 60.7 Å². The first kappa shape index (κ1) is 16.8. The van der Waals surface area contributed by atoms with Crippen molar-refractivity contribution in [3.05, 3.63) is 88.7 Å². The van der Waals surface area contributed by atoms with E-state index in [4.69, 9.17) is 4.74 Å². The highest BCUT2D eigenvalue weighted by molar-refractivity contribution is 5.82. The Labute approximate surface area is 155 Å². The van der Waals surface area contributed by atoms with Gasteiger partial charge in [0, 0.05) is 5.92 Å². The van der Waals surface area contributed by atoms with E-state index in [2.05, 4.69) is 42.5 Å². The smallest absolute Gasteiger partial charge is 0.317 e. The van der Waals surface area contributed by atoms with Gasteiger partial charge in [-0.2, -0.15) is 0 Å². The molecular weight excluding hydrogens is 320 g/mol. The van der Waals surface area contributed by atoms with E-state index in [1.807, 2.05) is 38.1 Å². The third kappa shape index (κ3) is 2.90. The van der Waals surface area contributed by atoms with Gasteiger partial charge in [-0.15, -0.1) is 0 Å². The number of carbonyl (C=O) groups is 1. The van der Waals surface area contributed by atoms with E-state index in [0.29, 0.717) is 0 Å². The van der Waals surface area contributed by atoms with Crippen molar-refractivity contribution in [2.45, 2.75) is 39.0 Å². The van der Waals surface area contributed by atoms with Gasteiger partial charge < -0.3 is 4.74 Å². The Kier molecular flexibility index (Phi) is 4.28. The molecule has 26 heavy (non-hydrogen) atoms. The summed E-state index contributed by atoms with van der Waals surface area (Å²) in [7, 11) is 0. The Hall–Kier alpha value is -2.61. The zero-order chi connectivity index (χ0) is 18.1. The summed E-state index contributed by atoms with van der Waals surface area (Å²) >= 11 is 0. The van der Waals surface area contributed by atoms with Crippen LogP contribution in [0, 0.1) is 5.41 Å². The van der Waals surface area contributed by atoms with Gasteiger partial charge in [-0.3, -0.25) is 4.79 Å². The number of allylic oxidation sites excluding steroid dienone is 2. The molecule has 0 radical (unpaired) electrons. The van der Waals surface area contributed by atoms with Crippen LogP contribution in [0.5, 0.6) is 0 Å². The molecular formula is C24H24O2. The standard InChI is InChI=1S/C24H24O2/c1-24(2)21(18-12-7-4-8-13-18)20-15-9-14-19(22(20)26-23(24)25)16-17-10-5-3-6-11-17/h3-8,10-13,16,21H,9,14-15H2,1-2H3/b19-16+/t21-/m1/s1. The zero-order valence-electron chi connectivity index (χ0n) is 15.4. The number of hydrogen-bond donors (Lipinski definition) is 0. The van der Waals surface area contributed by atoms with E-state index in [-0.39, 0.29) is 11.9 Å². The van der Waals surface area contributed by atoms with Crippen LogP contribution in [-0.2, 0) is 9.53 Å². The van der Waals surface area contributed by atoms with E-state index in [9.17, 15) is 4.79 Å². The van der Waals surface area contributed by atoms with Crippen molar-refractivity contribution < 1.29 is 9.53 Å². The lowest BCUT2D eigenvalue weighted by atomic mass is 9.66. The monoisotopic (exact) mass is 344 g/mol. The Bertz CT molecular complexity index is 873. The maximum atomic E-state index is 12.9. The van der Waals surface area contributed by atoms with Gasteiger partial charge in [0.2, 0.25) is 0 Å². The fourth-order valence-corrected chi connectivity index (χ4v) is 4.24. The van der Waals surface area contributed by atoms with Crippen molar-refractivity contribution in [3.8, 4) is 0 Å². The summed E-state index contributed by atoms with van der Waals surface area (Å²) in [5.74, 6) is 0.753. The van der Waals surface area contributed by atoms with E-state index >= 15 is 0 Å². The molecule has 2 aliphatic rings. The molecule has 4 rings (SSSR count). The fourth-order valence-electron chi connectivity index (χ4n) is 4.24. The highest BCUT2D eigenvalue weighted by atomic mass is 16.5. The first-order valence-corrected chi connectivity index (χ1v) is 9.33. The van der Waals surface area contributed by atoms with Crippen LogP contribution in [0.15, 0.2) is 77.6 Å². The first-order chi connectivity index (χ1) is 12.6. The summed E-state index contributed by atoms with van der Waals surface area (Å²) < 4.78 is 5.91. The SMILES string of the molecule is CC1(C)C(=O)OC2=C(CCC/C2=C\c2ccccc2)[C@H]1c1ccccc1. The molecule has 0 amide bonds. The third-order valence-corrected chi connectivity index (χ3v) is 5.54. The lowest BCUT2D eigenvalue weighted by Crippen LogP contribution is -2.39. The molecule has 2 aromatic rings. The van der Waals surface area contributed by atoms with Crippen molar-refractivity contribution in [2.24, 2.45) is 5.41 Å². The minimum Gasteiger partial charge on any atom is -0.426 e. The maximum absolute atomic E-state index is 12.9. The molecule has 0 bridgehead atoms. The summed E-state index contributed by atoms with van der Waals surface area (Å²) in [6.07, 6.45) is 5.19. The largest absolute Gasteiger partial charge is 0.426 e. The quantitative estimate of drug-likeness (QED) is 0.636. The average Bonchev–Trinajstić information content (AvgIpc) is 2.65. The van der Waals surface area contributed by atoms with Crippen LogP contribution >= 0.6 is 0 Å². The molecule has 0 saturated heterocycles. The Morgan fingerprint density at radius 2 is 1.62 bits per heavy atom. The Morgan fingerprint density at radius 1 is 0.962 bits per heavy atom. The van der Waals surface area contributed by atoms with Crippen molar-refractivity contribution in [1.82, 2.24) is 0 Å². The lowest BCUT2D eigenvalue weighted by molar-refractivity contribution is -0.152. The highest BCUT2D eigenvalue weighted by Crippen LogP contribution is 2.51. The molecule has 2 aromatic carbocycles. The van der Waals surface area contributed by atoms with Crippen molar-refractivity contribution in [3.63, 3.8) is 0 Å². The molecule has 0 spiro atoms. The lowest BCUT2D eigenvalue weighted by Gasteiger charge is -2.42. The zero-order valence-corrected chi connectivity index (χ0v) is 15.4. The van der Waals surface area contributed by atoms with Gasteiger partial charge in [0.15, 0.2) is 0 Å². The van der Waals surface area contributed by atoms with Gasteiger partial charge in [0.1, 0.15) is 5.76 Å². The molecule has 0 saturated carbocycles. The summed E-state index contributed by atoms with van der Waals surface area (Å²) in [6.45, 7) is 4.01. The number of esters is 1. The summed E-state index contributed by atoms with van der Waals surface area (Å²) in [6, 6.07) is 20.6. The number of hydrogen-bond acceptors (Lipinski definition) is 2. The predicted molar refractivity (Wildman–Crippen MR) is 104 cm³/mol. The second kappa shape index (κ2) is 6.60.